The van der Waals surface area contributed by atoms with Crippen molar-refractivity contribution in [3.05, 3.63) is 29.8 Å². The van der Waals surface area contributed by atoms with E-state index in [4.69, 9.17) is 9.47 Å². The largest absolute Gasteiger partial charge is 0.497 e. The second-order valence-corrected chi connectivity index (χ2v) is 6.58. The summed E-state index contributed by atoms with van der Waals surface area (Å²) in [7, 11) is 1.56. The molecule has 1 N–H and O–H groups in total. The first-order chi connectivity index (χ1) is 11.6. The Hall–Kier alpha value is -1.96. The number of hydrogen-bond acceptors (Lipinski definition) is 3. The number of carbonyl (C=O) groups is 1. The lowest BCUT2D eigenvalue weighted by Crippen LogP contribution is -2.59. The number of halogens is 3. The predicted molar refractivity (Wildman–Crippen MR) is 86.5 cm³/mol. The van der Waals surface area contributed by atoms with Gasteiger partial charge in [0.15, 0.2) is 0 Å². The number of rotatable bonds is 4. The number of alkyl halides is 3. The minimum absolute atomic E-state index is 0.280. The van der Waals surface area contributed by atoms with Crippen molar-refractivity contribution in [2.75, 3.05) is 26.9 Å². The molecule has 1 aliphatic heterocycles. The van der Waals surface area contributed by atoms with Gasteiger partial charge in [0.05, 0.1) is 38.3 Å². The predicted octanol–water partition coefficient (Wildman–Crippen LogP) is 3.51. The van der Waals surface area contributed by atoms with Gasteiger partial charge < -0.3 is 19.7 Å². The molecule has 1 unspecified atom stereocenters. The number of hydrogen-bond donors (Lipinski definition) is 1. The van der Waals surface area contributed by atoms with Crippen molar-refractivity contribution in [1.29, 1.82) is 0 Å². The summed E-state index contributed by atoms with van der Waals surface area (Å²) in [6.45, 7) is 3.79. The van der Waals surface area contributed by atoms with Gasteiger partial charge >= 0.3 is 12.2 Å². The Kier molecular flexibility index (Phi) is 5.82. The number of methoxy groups -OCH3 is 1. The third-order valence-corrected chi connectivity index (χ3v) is 4.10. The monoisotopic (exact) mass is 360 g/mol. The first kappa shape index (κ1) is 19.4. The molecule has 1 atom stereocenters. The Balaban J connectivity index is 2.17. The summed E-state index contributed by atoms with van der Waals surface area (Å²) in [4.78, 5) is 14.1. The van der Waals surface area contributed by atoms with E-state index in [-0.39, 0.29) is 12.6 Å². The molecule has 1 aromatic carbocycles. The van der Waals surface area contributed by atoms with E-state index in [9.17, 15) is 18.0 Å². The Morgan fingerprint density at radius 1 is 1.36 bits per heavy atom. The summed E-state index contributed by atoms with van der Waals surface area (Å²) in [6.07, 6.45) is -5.36. The molecule has 2 rings (SSSR count). The number of amides is 2. The summed E-state index contributed by atoms with van der Waals surface area (Å²) in [6, 6.07) is 6.28. The zero-order valence-corrected chi connectivity index (χ0v) is 14.5. The highest BCUT2D eigenvalue weighted by atomic mass is 19.4. The standard InChI is InChI=1S/C17H23F3N2O3/c1-16(2)11-25-10-14(12-4-6-13(24-3)7-5-12)22(16)15(23)21-9-8-17(18,19)20/h4-7,14H,8-11H2,1-3H3,(H,21,23). The van der Waals surface area contributed by atoms with Crippen molar-refractivity contribution in [2.24, 2.45) is 0 Å². The molecule has 0 spiro atoms. The van der Waals surface area contributed by atoms with Crippen LogP contribution in [0.15, 0.2) is 24.3 Å². The molecule has 1 aliphatic rings. The molecule has 1 saturated heterocycles. The van der Waals surface area contributed by atoms with Gasteiger partial charge in [0, 0.05) is 6.54 Å². The molecule has 0 aliphatic carbocycles. The van der Waals surface area contributed by atoms with Crippen LogP contribution >= 0.6 is 0 Å². The lowest BCUT2D eigenvalue weighted by atomic mass is 9.95. The van der Waals surface area contributed by atoms with E-state index in [1.807, 2.05) is 26.0 Å². The molecule has 8 heteroatoms. The van der Waals surface area contributed by atoms with Crippen LogP contribution in [-0.4, -0.2) is 49.5 Å². The Labute approximate surface area is 145 Å². The molecule has 1 heterocycles. The lowest BCUT2D eigenvalue weighted by molar-refractivity contribution is -0.133. The minimum Gasteiger partial charge on any atom is -0.497 e. The average Bonchev–Trinajstić information content (AvgIpc) is 2.52. The second kappa shape index (κ2) is 7.51. The summed E-state index contributed by atoms with van der Waals surface area (Å²) < 4.78 is 47.7. The lowest BCUT2D eigenvalue weighted by Gasteiger charge is -2.47. The fourth-order valence-corrected chi connectivity index (χ4v) is 2.87. The summed E-state index contributed by atoms with van der Waals surface area (Å²) in [5.41, 5.74) is 0.185. The molecule has 0 bridgehead atoms. The van der Waals surface area contributed by atoms with Gasteiger partial charge in [0.2, 0.25) is 0 Å². The number of ether oxygens (including phenoxy) is 2. The van der Waals surface area contributed by atoms with Gasteiger partial charge in [0.25, 0.3) is 0 Å². The number of urea groups is 1. The molecule has 25 heavy (non-hydrogen) atoms. The maximum absolute atomic E-state index is 12.6. The summed E-state index contributed by atoms with van der Waals surface area (Å²) in [5, 5.41) is 2.37. The summed E-state index contributed by atoms with van der Waals surface area (Å²) >= 11 is 0. The van der Waals surface area contributed by atoms with E-state index in [0.717, 1.165) is 5.56 Å². The number of benzene rings is 1. The Bertz CT molecular complexity index is 588. The van der Waals surface area contributed by atoms with E-state index >= 15 is 0 Å². The third-order valence-electron chi connectivity index (χ3n) is 4.10. The molecule has 0 aromatic heterocycles. The van der Waals surface area contributed by atoms with E-state index in [1.54, 1.807) is 24.1 Å². The van der Waals surface area contributed by atoms with Gasteiger partial charge in [-0.1, -0.05) is 12.1 Å². The van der Waals surface area contributed by atoms with E-state index in [2.05, 4.69) is 5.32 Å². The van der Waals surface area contributed by atoms with Crippen molar-refractivity contribution in [1.82, 2.24) is 10.2 Å². The van der Waals surface area contributed by atoms with Crippen LogP contribution in [0.3, 0.4) is 0 Å². The molecule has 140 valence electrons. The highest BCUT2D eigenvalue weighted by Crippen LogP contribution is 2.34. The fourth-order valence-electron chi connectivity index (χ4n) is 2.87. The molecular weight excluding hydrogens is 337 g/mol. The zero-order valence-electron chi connectivity index (χ0n) is 14.5. The van der Waals surface area contributed by atoms with Crippen molar-refractivity contribution in [3.8, 4) is 5.75 Å². The van der Waals surface area contributed by atoms with Crippen LogP contribution in [-0.2, 0) is 4.74 Å². The molecular formula is C17H23F3N2O3. The topological polar surface area (TPSA) is 50.8 Å². The normalized spacial score (nSPS) is 20.2. The zero-order chi connectivity index (χ0) is 18.7. The third kappa shape index (κ3) is 5.01. The van der Waals surface area contributed by atoms with Crippen LogP contribution in [0.4, 0.5) is 18.0 Å². The van der Waals surface area contributed by atoms with Crippen LogP contribution in [0, 0.1) is 0 Å². The number of morpholine rings is 1. The molecule has 5 nitrogen and oxygen atoms in total. The average molecular weight is 360 g/mol. The van der Waals surface area contributed by atoms with Crippen LogP contribution < -0.4 is 10.1 Å². The summed E-state index contributed by atoms with van der Waals surface area (Å²) in [5.74, 6) is 0.681. The van der Waals surface area contributed by atoms with Crippen LogP contribution in [0.2, 0.25) is 0 Å². The van der Waals surface area contributed by atoms with E-state index < -0.39 is 30.7 Å². The maximum atomic E-state index is 12.6. The Morgan fingerprint density at radius 3 is 2.56 bits per heavy atom. The maximum Gasteiger partial charge on any atom is 0.390 e. The molecule has 0 saturated carbocycles. The van der Waals surface area contributed by atoms with Gasteiger partial charge in [-0.3, -0.25) is 0 Å². The van der Waals surface area contributed by atoms with Crippen molar-refractivity contribution in [3.63, 3.8) is 0 Å². The first-order valence-electron chi connectivity index (χ1n) is 8.00. The minimum atomic E-state index is -4.30. The van der Waals surface area contributed by atoms with Crippen LogP contribution in [0.1, 0.15) is 31.9 Å². The molecule has 2 amide bonds. The number of nitrogens with one attached hydrogen (secondary N) is 1. The molecule has 1 aromatic rings. The highest BCUT2D eigenvalue weighted by molar-refractivity contribution is 5.76. The van der Waals surface area contributed by atoms with E-state index in [1.165, 1.54) is 0 Å². The van der Waals surface area contributed by atoms with Crippen LogP contribution in [0.25, 0.3) is 0 Å². The second-order valence-electron chi connectivity index (χ2n) is 6.58. The quantitative estimate of drug-likeness (QED) is 0.894. The SMILES string of the molecule is COc1ccc(C2COCC(C)(C)N2C(=O)NCCC(F)(F)F)cc1. The van der Waals surface area contributed by atoms with Gasteiger partial charge in [-0.25, -0.2) is 4.79 Å². The smallest absolute Gasteiger partial charge is 0.390 e. The van der Waals surface area contributed by atoms with Crippen molar-refractivity contribution < 1.29 is 27.4 Å². The fraction of sp³-hybridized carbons (Fsp3) is 0.588. The van der Waals surface area contributed by atoms with Crippen LogP contribution in [0.5, 0.6) is 5.75 Å². The number of carbonyl (C=O) groups excluding carboxylic acids is 1. The highest BCUT2D eigenvalue weighted by Gasteiger charge is 2.41. The van der Waals surface area contributed by atoms with Gasteiger partial charge in [-0.05, 0) is 31.5 Å². The van der Waals surface area contributed by atoms with E-state index in [0.29, 0.717) is 12.4 Å². The number of nitrogens with zero attached hydrogens (tertiary/aromatic N) is 1. The van der Waals surface area contributed by atoms with Crippen molar-refractivity contribution >= 4 is 6.03 Å². The Morgan fingerprint density at radius 2 is 2.00 bits per heavy atom. The first-order valence-corrected chi connectivity index (χ1v) is 8.00. The molecule has 0 radical (unpaired) electrons. The van der Waals surface area contributed by atoms with Gasteiger partial charge in [0.1, 0.15) is 5.75 Å². The van der Waals surface area contributed by atoms with Gasteiger partial charge in [-0.15, -0.1) is 0 Å². The van der Waals surface area contributed by atoms with Gasteiger partial charge in [-0.2, -0.15) is 13.2 Å². The molecule has 1 fully saturated rings. The van der Waals surface area contributed by atoms with Crippen molar-refractivity contribution in [2.45, 2.75) is 38.0 Å².